The lowest BCUT2D eigenvalue weighted by Gasteiger charge is -2.22. The molecule has 0 rings (SSSR count). The van der Waals surface area contributed by atoms with Crippen molar-refractivity contribution in [3.8, 4) is 0 Å². The Labute approximate surface area is 123 Å². The van der Waals surface area contributed by atoms with Crippen LogP contribution in [0.2, 0.25) is 0 Å². The smallest absolute Gasteiger partial charge is 0.311 e. The van der Waals surface area contributed by atoms with Gasteiger partial charge in [-0.25, -0.2) is 0 Å². The molecular weight excluding hydrogens is 292 g/mol. The maximum absolute atomic E-state index is 11.6. The van der Waals surface area contributed by atoms with Crippen LogP contribution in [0.4, 0.5) is 0 Å². The highest BCUT2D eigenvalue weighted by atomic mass is 79.9. The lowest BCUT2D eigenvalue weighted by atomic mass is 9.88. The molecule has 2 nitrogen and oxygen atoms in total. The summed E-state index contributed by atoms with van der Waals surface area (Å²) in [6.45, 7) is 16.5. The zero-order chi connectivity index (χ0) is 15.2. The molecule has 0 saturated carbocycles. The van der Waals surface area contributed by atoms with Gasteiger partial charge in [0, 0.05) is 5.33 Å². The van der Waals surface area contributed by atoms with Crippen LogP contribution >= 0.6 is 15.9 Å². The van der Waals surface area contributed by atoms with Gasteiger partial charge in [0.1, 0.15) is 0 Å². The molecule has 0 N–H and O–H groups in total. The highest BCUT2D eigenvalue weighted by Gasteiger charge is 2.28. The van der Waals surface area contributed by atoms with Crippen molar-refractivity contribution in [1.82, 2.24) is 0 Å². The Morgan fingerprint density at radius 1 is 1.17 bits per heavy atom. The second-order valence-corrected chi connectivity index (χ2v) is 5.46. The zero-order valence-corrected chi connectivity index (χ0v) is 15.2. The van der Waals surface area contributed by atoms with E-state index in [1.807, 2.05) is 55.4 Å². The van der Waals surface area contributed by atoms with E-state index in [0.29, 0.717) is 12.5 Å². The van der Waals surface area contributed by atoms with E-state index in [1.54, 1.807) is 0 Å². The van der Waals surface area contributed by atoms with Crippen molar-refractivity contribution in [2.24, 2.45) is 11.3 Å². The Morgan fingerprint density at radius 2 is 1.61 bits per heavy atom. The van der Waals surface area contributed by atoms with Crippen molar-refractivity contribution < 1.29 is 9.53 Å². The number of rotatable bonds is 6. The van der Waals surface area contributed by atoms with E-state index in [0.717, 1.165) is 18.2 Å². The van der Waals surface area contributed by atoms with Crippen LogP contribution < -0.4 is 0 Å². The van der Waals surface area contributed by atoms with Crippen LogP contribution in [-0.4, -0.2) is 17.9 Å². The number of hydrogen-bond donors (Lipinski definition) is 0. The van der Waals surface area contributed by atoms with E-state index < -0.39 is 0 Å². The molecule has 0 aliphatic heterocycles. The largest absolute Gasteiger partial charge is 0.465 e. The molecular formula is C15H33BrO2. The molecule has 0 radical (unpaired) electrons. The third-order valence-electron chi connectivity index (χ3n) is 2.04. The number of esters is 1. The number of alkyl halides is 1. The minimum Gasteiger partial charge on any atom is -0.465 e. The van der Waals surface area contributed by atoms with Crippen LogP contribution in [0.15, 0.2) is 0 Å². The number of halogens is 1. The van der Waals surface area contributed by atoms with Gasteiger partial charge in [-0.15, -0.1) is 0 Å². The Bertz CT molecular complexity index is 177. The van der Waals surface area contributed by atoms with Crippen LogP contribution in [0, 0.1) is 11.3 Å². The van der Waals surface area contributed by atoms with E-state index in [9.17, 15) is 4.79 Å². The molecule has 0 spiro atoms. The highest BCUT2D eigenvalue weighted by Crippen LogP contribution is 2.24. The van der Waals surface area contributed by atoms with Gasteiger partial charge >= 0.3 is 5.97 Å². The van der Waals surface area contributed by atoms with Gasteiger partial charge in [0.2, 0.25) is 0 Å². The van der Waals surface area contributed by atoms with Crippen LogP contribution in [0.1, 0.15) is 68.2 Å². The Morgan fingerprint density at radius 3 is 1.94 bits per heavy atom. The Kier molecular flexibility index (Phi) is 19.2. The van der Waals surface area contributed by atoms with Gasteiger partial charge in [-0.1, -0.05) is 57.5 Å². The Hall–Kier alpha value is -0.0500. The summed E-state index contributed by atoms with van der Waals surface area (Å²) in [5.41, 5.74) is -0.345. The molecule has 0 amide bonds. The van der Waals surface area contributed by atoms with Crippen molar-refractivity contribution in [2.75, 3.05) is 11.9 Å². The third kappa shape index (κ3) is 14.0. The van der Waals surface area contributed by atoms with E-state index in [1.165, 1.54) is 0 Å². The van der Waals surface area contributed by atoms with Gasteiger partial charge < -0.3 is 4.74 Å². The first kappa shape index (κ1) is 23.1. The first-order chi connectivity index (χ1) is 8.40. The summed E-state index contributed by atoms with van der Waals surface area (Å²) in [7, 11) is 0. The average Bonchev–Trinajstić information content (AvgIpc) is 2.38. The maximum Gasteiger partial charge on any atom is 0.311 e. The normalized spacial score (nSPS) is 9.89. The van der Waals surface area contributed by atoms with Crippen LogP contribution in [0.25, 0.3) is 0 Å². The zero-order valence-electron chi connectivity index (χ0n) is 13.6. The van der Waals surface area contributed by atoms with E-state index in [-0.39, 0.29) is 11.4 Å². The predicted molar refractivity (Wildman–Crippen MR) is 85.3 cm³/mol. The van der Waals surface area contributed by atoms with Gasteiger partial charge in [0.05, 0.1) is 12.0 Å². The molecule has 3 heteroatoms. The summed E-state index contributed by atoms with van der Waals surface area (Å²) in [6.07, 6.45) is 1.87. The molecule has 0 heterocycles. The van der Waals surface area contributed by atoms with E-state index >= 15 is 0 Å². The lowest BCUT2D eigenvalue weighted by molar-refractivity contribution is -0.155. The number of carbonyl (C=O) groups excluding carboxylic acids is 1. The molecule has 0 aromatic rings. The van der Waals surface area contributed by atoms with Gasteiger partial charge in [-0.3, -0.25) is 4.79 Å². The van der Waals surface area contributed by atoms with Crippen LogP contribution in [0.3, 0.4) is 0 Å². The van der Waals surface area contributed by atoms with E-state index in [4.69, 9.17) is 4.74 Å². The van der Waals surface area contributed by atoms with Gasteiger partial charge in [-0.2, -0.15) is 0 Å². The Balaban J connectivity index is -0.000000506. The van der Waals surface area contributed by atoms with Gasteiger partial charge in [-0.05, 0) is 32.6 Å². The SMILES string of the molecule is CC.CC.CC(C)COC(=O)C(C)(C)CCCBr. The van der Waals surface area contributed by atoms with Crippen LogP contribution in [0.5, 0.6) is 0 Å². The number of hydrogen-bond acceptors (Lipinski definition) is 2. The monoisotopic (exact) mass is 324 g/mol. The predicted octanol–water partition coefficient (Wildman–Crippen LogP) is 5.44. The summed E-state index contributed by atoms with van der Waals surface area (Å²) in [4.78, 5) is 11.6. The molecule has 0 saturated heterocycles. The fourth-order valence-electron chi connectivity index (χ4n) is 1.05. The highest BCUT2D eigenvalue weighted by molar-refractivity contribution is 9.09. The standard InChI is InChI=1S/C11H21BrO2.2C2H6/c1-9(2)8-14-10(13)11(3,4)6-5-7-12;2*1-2/h9H,5-8H2,1-4H3;2*1-2H3. The fraction of sp³-hybridized carbons (Fsp3) is 0.933. The molecule has 0 unspecified atom stereocenters. The third-order valence-corrected chi connectivity index (χ3v) is 2.60. The minimum atomic E-state index is -0.345. The first-order valence-electron chi connectivity index (χ1n) is 7.13. The van der Waals surface area contributed by atoms with Crippen molar-refractivity contribution in [2.45, 2.75) is 68.2 Å². The average molecular weight is 325 g/mol. The van der Waals surface area contributed by atoms with Crippen LogP contribution in [-0.2, 0) is 9.53 Å². The molecule has 0 aliphatic rings. The molecule has 0 aromatic carbocycles. The van der Waals surface area contributed by atoms with Crippen molar-refractivity contribution >= 4 is 21.9 Å². The summed E-state index contributed by atoms with van der Waals surface area (Å²) in [6, 6.07) is 0. The molecule has 0 aliphatic carbocycles. The maximum atomic E-state index is 11.6. The molecule has 18 heavy (non-hydrogen) atoms. The number of carbonyl (C=O) groups is 1. The minimum absolute atomic E-state index is 0.0767. The first-order valence-corrected chi connectivity index (χ1v) is 8.25. The lowest BCUT2D eigenvalue weighted by Crippen LogP contribution is -2.27. The fourth-order valence-corrected chi connectivity index (χ4v) is 1.33. The van der Waals surface area contributed by atoms with Crippen molar-refractivity contribution in [1.29, 1.82) is 0 Å². The second kappa shape index (κ2) is 15.0. The molecule has 112 valence electrons. The summed E-state index contributed by atoms with van der Waals surface area (Å²) in [5.74, 6) is 0.332. The number of ether oxygens (including phenoxy) is 1. The van der Waals surface area contributed by atoms with E-state index in [2.05, 4.69) is 15.9 Å². The van der Waals surface area contributed by atoms with Crippen molar-refractivity contribution in [3.63, 3.8) is 0 Å². The summed E-state index contributed by atoms with van der Waals surface area (Å²) in [5, 5.41) is 0.938. The quantitative estimate of drug-likeness (QED) is 0.480. The molecule has 0 atom stereocenters. The van der Waals surface area contributed by atoms with Gasteiger partial charge in [0.25, 0.3) is 0 Å². The van der Waals surface area contributed by atoms with Gasteiger partial charge in [0.15, 0.2) is 0 Å². The molecule has 0 bridgehead atoms. The second-order valence-electron chi connectivity index (χ2n) is 4.67. The summed E-state index contributed by atoms with van der Waals surface area (Å²) >= 11 is 3.36. The molecule has 0 aromatic heterocycles. The molecule has 0 fully saturated rings. The summed E-state index contributed by atoms with van der Waals surface area (Å²) < 4.78 is 5.21. The van der Waals surface area contributed by atoms with Crippen molar-refractivity contribution in [3.05, 3.63) is 0 Å². The topological polar surface area (TPSA) is 26.3 Å².